The molecule has 334 valence electrons. The van der Waals surface area contributed by atoms with E-state index >= 15 is 0 Å². The summed E-state index contributed by atoms with van der Waals surface area (Å²) in [6.07, 6.45) is 21.6. The molecule has 0 radical (unpaired) electrons. The summed E-state index contributed by atoms with van der Waals surface area (Å²) in [5, 5.41) is 75.6. The SMILES string of the molecule is CCCCCCCCCCCCCCCCCCCC[C@@H](O)C(=O)N[C@@H](CO[C@@H]1O[C@H](CO)[C@@H](O)[C@H](O)[C@H]1O)[C@H](O)[C@H](O)CCCCCCCCC[C@H](C)CC. The van der Waals surface area contributed by atoms with Gasteiger partial charge >= 0.3 is 0 Å². The third kappa shape index (κ3) is 24.9. The molecule has 0 bridgehead atoms. The summed E-state index contributed by atoms with van der Waals surface area (Å²) < 4.78 is 11.1. The number of unbranched alkanes of at least 4 members (excludes halogenated alkanes) is 23. The molecule has 11 heteroatoms. The normalized spacial score (nSPS) is 22.8. The molecule has 1 fully saturated rings. The van der Waals surface area contributed by atoms with E-state index in [1.807, 2.05) is 0 Å². The quantitative estimate of drug-likeness (QED) is 0.0293. The smallest absolute Gasteiger partial charge is 0.249 e. The molecule has 1 aliphatic rings. The zero-order valence-electron chi connectivity index (χ0n) is 36.0. The van der Waals surface area contributed by atoms with Crippen molar-refractivity contribution in [2.45, 2.75) is 262 Å². The highest BCUT2D eigenvalue weighted by Gasteiger charge is 2.44. The van der Waals surface area contributed by atoms with Crippen molar-refractivity contribution in [2.75, 3.05) is 13.2 Å². The number of nitrogens with one attached hydrogen (secondary N) is 1. The fourth-order valence-electron chi connectivity index (χ4n) is 7.65. The van der Waals surface area contributed by atoms with Crippen LogP contribution in [0.15, 0.2) is 0 Å². The molecular weight excluding hydrogens is 714 g/mol. The van der Waals surface area contributed by atoms with E-state index in [-0.39, 0.29) is 6.42 Å². The first-order valence-electron chi connectivity index (χ1n) is 23.3. The van der Waals surface area contributed by atoms with E-state index in [1.165, 1.54) is 122 Å². The van der Waals surface area contributed by atoms with Crippen LogP contribution in [-0.2, 0) is 14.3 Å². The summed E-state index contributed by atoms with van der Waals surface area (Å²) in [5.74, 6) is 0.0831. The van der Waals surface area contributed by atoms with Crippen LogP contribution in [0.3, 0.4) is 0 Å². The van der Waals surface area contributed by atoms with E-state index in [9.17, 15) is 40.5 Å². The van der Waals surface area contributed by atoms with Gasteiger partial charge in [0.05, 0.1) is 25.4 Å². The molecule has 1 saturated heterocycles. The molecule has 11 nitrogen and oxygen atoms in total. The number of hydrogen-bond donors (Lipinski definition) is 8. The molecule has 1 rings (SSSR count). The summed E-state index contributed by atoms with van der Waals surface area (Å²) in [5.41, 5.74) is 0. The lowest BCUT2D eigenvalue weighted by Crippen LogP contribution is -2.60. The number of hydrogen-bond acceptors (Lipinski definition) is 10. The maximum atomic E-state index is 13.1. The lowest BCUT2D eigenvalue weighted by molar-refractivity contribution is -0.303. The molecular formula is C45H89NO10. The van der Waals surface area contributed by atoms with Crippen molar-refractivity contribution in [3.05, 3.63) is 0 Å². The van der Waals surface area contributed by atoms with Gasteiger partial charge in [-0.1, -0.05) is 194 Å². The second-order valence-corrected chi connectivity index (χ2v) is 17.1. The Labute approximate surface area is 341 Å². The van der Waals surface area contributed by atoms with E-state index in [0.29, 0.717) is 19.3 Å². The third-order valence-electron chi connectivity index (χ3n) is 12.0. The lowest BCUT2D eigenvalue weighted by Gasteiger charge is -2.40. The van der Waals surface area contributed by atoms with Crippen LogP contribution in [0.1, 0.15) is 207 Å². The number of amides is 1. The molecule has 8 N–H and O–H groups in total. The Morgan fingerprint density at radius 3 is 1.48 bits per heavy atom. The molecule has 0 spiro atoms. The number of rotatable bonds is 38. The maximum Gasteiger partial charge on any atom is 0.249 e. The Balaban J connectivity index is 2.42. The van der Waals surface area contributed by atoms with Crippen molar-refractivity contribution >= 4 is 5.91 Å². The molecule has 0 aromatic carbocycles. The zero-order chi connectivity index (χ0) is 41.4. The van der Waals surface area contributed by atoms with Gasteiger partial charge in [-0.05, 0) is 18.8 Å². The summed E-state index contributed by atoms with van der Waals surface area (Å²) in [7, 11) is 0. The number of aliphatic hydroxyl groups excluding tert-OH is 7. The van der Waals surface area contributed by atoms with Gasteiger partial charge in [-0.2, -0.15) is 0 Å². The first-order chi connectivity index (χ1) is 27.1. The van der Waals surface area contributed by atoms with Crippen LogP contribution in [0.25, 0.3) is 0 Å². The van der Waals surface area contributed by atoms with Crippen molar-refractivity contribution < 1.29 is 50.0 Å². The van der Waals surface area contributed by atoms with Gasteiger partial charge in [0.15, 0.2) is 6.29 Å². The van der Waals surface area contributed by atoms with E-state index in [4.69, 9.17) is 9.47 Å². The first-order valence-corrected chi connectivity index (χ1v) is 23.3. The molecule has 0 aromatic heterocycles. The Bertz CT molecular complexity index is 897. The molecule has 10 atom stereocenters. The van der Waals surface area contributed by atoms with Gasteiger partial charge in [-0.25, -0.2) is 0 Å². The molecule has 0 aromatic rings. The largest absolute Gasteiger partial charge is 0.394 e. The van der Waals surface area contributed by atoms with E-state index in [1.54, 1.807) is 0 Å². The van der Waals surface area contributed by atoms with Gasteiger partial charge in [-0.15, -0.1) is 0 Å². The summed E-state index contributed by atoms with van der Waals surface area (Å²) in [6, 6.07) is -1.16. The highest BCUT2D eigenvalue weighted by atomic mass is 16.7. The molecule has 56 heavy (non-hydrogen) atoms. The van der Waals surface area contributed by atoms with Crippen molar-refractivity contribution in [3.8, 4) is 0 Å². The van der Waals surface area contributed by atoms with E-state index in [2.05, 4.69) is 26.1 Å². The predicted molar refractivity (Wildman–Crippen MR) is 224 cm³/mol. The number of carbonyl (C=O) groups excluding carboxylic acids is 1. The van der Waals surface area contributed by atoms with Crippen LogP contribution in [0.4, 0.5) is 0 Å². The number of aliphatic hydroxyl groups is 7. The van der Waals surface area contributed by atoms with Gasteiger partial charge in [-0.3, -0.25) is 4.79 Å². The second kappa shape index (κ2) is 34.9. The minimum absolute atomic E-state index is 0.265. The van der Waals surface area contributed by atoms with E-state index in [0.717, 1.165) is 44.4 Å². The maximum absolute atomic E-state index is 13.1. The Kier molecular flexibility index (Phi) is 33.1. The molecule has 1 amide bonds. The van der Waals surface area contributed by atoms with Crippen LogP contribution in [0.2, 0.25) is 0 Å². The van der Waals surface area contributed by atoms with Crippen LogP contribution in [0.5, 0.6) is 0 Å². The summed E-state index contributed by atoms with van der Waals surface area (Å²) in [6.45, 7) is 5.74. The lowest BCUT2D eigenvalue weighted by atomic mass is 9.98. The minimum atomic E-state index is -1.66. The fraction of sp³-hybridized carbons (Fsp3) is 0.978. The van der Waals surface area contributed by atoms with Crippen LogP contribution >= 0.6 is 0 Å². The predicted octanol–water partition coefficient (Wildman–Crippen LogP) is 7.36. The fourth-order valence-corrected chi connectivity index (χ4v) is 7.65. The average Bonchev–Trinajstić information content (AvgIpc) is 3.20. The molecule has 0 aliphatic carbocycles. The molecule has 0 saturated carbocycles. The van der Waals surface area contributed by atoms with Crippen molar-refractivity contribution in [1.29, 1.82) is 0 Å². The minimum Gasteiger partial charge on any atom is -0.394 e. The first kappa shape index (κ1) is 53.1. The summed E-state index contributed by atoms with van der Waals surface area (Å²) in [4.78, 5) is 13.1. The van der Waals surface area contributed by atoms with Crippen molar-refractivity contribution in [1.82, 2.24) is 5.32 Å². The topological polar surface area (TPSA) is 189 Å². The second-order valence-electron chi connectivity index (χ2n) is 17.1. The van der Waals surface area contributed by atoms with Crippen LogP contribution in [0, 0.1) is 5.92 Å². The van der Waals surface area contributed by atoms with Gasteiger partial charge < -0.3 is 50.5 Å². The van der Waals surface area contributed by atoms with Gasteiger partial charge in [0.1, 0.15) is 36.6 Å². The Hall–Kier alpha value is -0.890. The Morgan fingerprint density at radius 2 is 1.04 bits per heavy atom. The van der Waals surface area contributed by atoms with Gasteiger partial charge in [0.25, 0.3) is 0 Å². The molecule has 1 aliphatic heterocycles. The van der Waals surface area contributed by atoms with Crippen LogP contribution < -0.4 is 5.32 Å². The van der Waals surface area contributed by atoms with Crippen molar-refractivity contribution in [3.63, 3.8) is 0 Å². The van der Waals surface area contributed by atoms with E-state index < -0.39 is 74.2 Å². The highest BCUT2D eigenvalue weighted by Crippen LogP contribution is 2.23. The average molecular weight is 804 g/mol. The van der Waals surface area contributed by atoms with Gasteiger partial charge in [0.2, 0.25) is 5.91 Å². The summed E-state index contributed by atoms with van der Waals surface area (Å²) >= 11 is 0. The standard InChI is InChI=1S/C45H89NO10/c1-4-6-7-8-9-10-11-12-13-14-15-16-17-18-19-22-26-29-32-38(49)44(54)46-36(34-55-45-43(53)42(52)41(51)39(33-47)56-45)40(50)37(48)31-28-25-23-20-21-24-27-30-35(3)5-2/h35-43,45,47-53H,4-34H2,1-3H3,(H,46,54)/t35-,36+,37-,38-,39-,40+,41-,42+,43-,45-/m1/s1. The monoisotopic (exact) mass is 804 g/mol. The van der Waals surface area contributed by atoms with Gasteiger partial charge in [0, 0.05) is 0 Å². The van der Waals surface area contributed by atoms with Crippen molar-refractivity contribution in [2.24, 2.45) is 5.92 Å². The number of carbonyl (C=O) groups is 1. The van der Waals surface area contributed by atoms with Crippen LogP contribution in [-0.4, -0.2) is 110 Å². The third-order valence-corrected chi connectivity index (χ3v) is 12.0. The molecule has 0 unspecified atom stereocenters. The Morgan fingerprint density at radius 1 is 0.607 bits per heavy atom. The highest BCUT2D eigenvalue weighted by molar-refractivity contribution is 5.80. The zero-order valence-corrected chi connectivity index (χ0v) is 36.0. The molecule has 1 heterocycles. The number of ether oxygens (including phenoxy) is 2.